The Morgan fingerprint density at radius 3 is 1.58 bits per heavy atom. The van der Waals surface area contributed by atoms with E-state index in [0.29, 0.717) is 32.3 Å². The molecule has 4 heteroatoms. The van der Waals surface area contributed by atoms with E-state index < -0.39 is 0 Å². The lowest BCUT2D eigenvalue weighted by Gasteiger charge is -2.26. The van der Waals surface area contributed by atoms with Gasteiger partial charge >= 0.3 is 0 Å². The number of benzene rings is 3. The predicted molar refractivity (Wildman–Crippen MR) is 130 cm³/mol. The number of hydrogen-bond donors (Lipinski definition) is 0. The zero-order valence-corrected chi connectivity index (χ0v) is 19.5. The van der Waals surface area contributed by atoms with Crippen molar-refractivity contribution in [2.45, 2.75) is 58.1 Å². The van der Waals surface area contributed by atoms with Crippen LogP contribution in [0.25, 0.3) is 0 Å². The molecule has 0 radical (unpaired) electrons. The van der Waals surface area contributed by atoms with E-state index >= 15 is 0 Å². The summed E-state index contributed by atoms with van der Waals surface area (Å²) in [7, 11) is 0. The van der Waals surface area contributed by atoms with Gasteiger partial charge in [0.25, 0.3) is 0 Å². The van der Waals surface area contributed by atoms with E-state index in [4.69, 9.17) is 18.9 Å². The Kier molecular flexibility index (Phi) is 8.67. The second-order valence-corrected chi connectivity index (χ2v) is 8.91. The molecule has 1 heterocycles. The van der Waals surface area contributed by atoms with Gasteiger partial charge in [-0.25, -0.2) is 0 Å². The first-order valence-corrected chi connectivity index (χ1v) is 11.8. The molecule has 1 aliphatic rings. The highest BCUT2D eigenvalue weighted by Crippen LogP contribution is 2.32. The molecule has 1 fully saturated rings. The van der Waals surface area contributed by atoms with Crippen molar-refractivity contribution < 1.29 is 18.9 Å². The van der Waals surface area contributed by atoms with E-state index in [1.165, 1.54) is 0 Å². The molecule has 0 saturated carbocycles. The zero-order chi connectivity index (χ0) is 22.9. The Bertz CT molecular complexity index is 930. The first-order chi connectivity index (χ1) is 16.2. The highest BCUT2D eigenvalue weighted by molar-refractivity contribution is 5.15. The molecule has 1 aliphatic heterocycles. The van der Waals surface area contributed by atoms with Crippen molar-refractivity contribution in [3.63, 3.8) is 0 Å². The molecule has 0 aromatic heterocycles. The van der Waals surface area contributed by atoms with Gasteiger partial charge in [-0.3, -0.25) is 0 Å². The fraction of sp³-hybridized carbons (Fsp3) is 0.379. The standard InChI is InChI=1S/C29H34O4/c1-22(2)27-29(32-20-25-16-10-5-11-17-25)28(31-19-24-14-8-4-9-15-24)26(33-27)21-30-18-23-12-6-3-7-13-23/h3-17,22,26-29H,18-21H2,1-2H3/t26-,27?,28+,29?/m1/s1. The van der Waals surface area contributed by atoms with Gasteiger partial charge in [0.15, 0.2) is 0 Å². The molecule has 33 heavy (non-hydrogen) atoms. The molecule has 2 unspecified atom stereocenters. The summed E-state index contributed by atoms with van der Waals surface area (Å²) in [6.07, 6.45) is -0.623. The molecular weight excluding hydrogens is 412 g/mol. The number of ether oxygens (including phenoxy) is 4. The highest BCUT2D eigenvalue weighted by atomic mass is 16.6. The van der Waals surface area contributed by atoms with Crippen LogP contribution in [0.1, 0.15) is 30.5 Å². The maximum absolute atomic E-state index is 6.49. The summed E-state index contributed by atoms with van der Waals surface area (Å²) in [5.74, 6) is 0.299. The molecule has 3 aromatic rings. The van der Waals surface area contributed by atoms with Crippen LogP contribution in [0.2, 0.25) is 0 Å². The lowest BCUT2D eigenvalue weighted by atomic mass is 9.99. The maximum Gasteiger partial charge on any atom is 0.115 e. The van der Waals surface area contributed by atoms with Crippen LogP contribution in [0.4, 0.5) is 0 Å². The second kappa shape index (κ2) is 12.1. The van der Waals surface area contributed by atoms with Crippen molar-refractivity contribution in [2.24, 2.45) is 5.92 Å². The second-order valence-electron chi connectivity index (χ2n) is 8.91. The molecule has 174 valence electrons. The van der Waals surface area contributed by atoms with Crippen LogP contribution in [-0.2, 0) is 38.8 Å². The van der Waals surface area contributed by atoms with Crippen LogP contribution < -0.4 is 0 Å². The van der Waals surface area contributed by atoms with Gasteiger partial charge in [-0.2, -0.15) is 0 Å². The van der Waals surface area contributed by atoms with Gasteiger partial charge in [0, 0.05) is 0 Å². The molecule has 0 aliphatic carbocycles. The van der Waals surface area contributed by atoms with Crippen molar-refractivity contribution in [1.82, 2.24) is 0 Å². The van der Waals surface area contributed by atoms with Crippen LogP contribution in [0, 0.1) is 5.92 Å². The molecule has 0 amide bonds. The minimum Gasteiger partial charge on any atom is -0.374 e. The van der Waals surface area contributed by atoms with Crippen LogP contribution in [0.3, 0.4) is 0 Å². The van der Waals surface area contributed by atoms with Crippen LogP contribution in [0.5, 0.6) is 0 Å². The topological polar surface area (TPSA) is 36.9 Å². The SMILES string of the molecule is CC(C)C1O[C@H](COCc2ccccc2)[C@H](OCc2ccccc2)C1OCc1ccccc1. The molecule has 0 N–H and O–H groups in total. The normalized spacial score (nSPS) is 22.6. The Balaban J connectivity index is 1.45. The molecule has 0 spiro atoms. The van der Waals surface area contributed by atoms with E-state index in [-0.39, 0.29) is 24.4 Å². The van der Waals surface area contributed by atoms with E-state index in [1.54, 1.807) is 0 Å². The average molecular weight is 447 g/mol. The van der Waals surface area contributed by atoms with Crippen LogP contribution in [-0.4, -0.2) is 31.0 Å². The van der Waals surface area contributed by atoms with Gasteiger partial charge in [-0.1, -0.05) is 105 Å². The van der Waals surface area contributed by atoms with Crippen molar-refractivity contribution >= 4 is 0 Å². The Labute approximate surface area is 197 Å². The van der Waals surface area contributed by atoms with Crippen molar-refractivity contribution in [1.29, 1.82) is 0 Å². The lowest BCUT2D eigenvalue weighted by molar-refractivity contribution is -0.0901. The van der Waals surface area contributed by atoms with Gasteiger partial charge in [-0.05, 0) is 22.6 Å². The number of hydrogen-bond acceptors (Lipinski definition) is 4. The fourth-order valence-corrected chi connectivity index (χ4v) is 4.22. The molecule has 4 nitrogen and oxygen atoms in total. The third-order valence-corrected chi connectivity index (χ3v) is 5.97. The fourth-order valence-electron chi connectivity index (χ4n) is 4.22. The van der Waals surface area contributed by atoms with Gasteiger partial charge in [0.05, 0.1) is 32.5 Å². The van der Waals surface area contributed by atoms with Gasteiger partial charge in [0.1, 0.15) is 18.3 Å². The number of rotatable bonds is 11. The zero-order valence-electron chi connectivity index (χ0n) is 19.5. The van der Waals surface area contributed by atoms with Crippen molar-refractivity contribution in [2.75, 3.05) is 6.61 Å². The van der Waals surface area contributed by atoms with E-state index in [0.717, 1.165) is 16.7 Å². The predicted octanol–water partition coefficient (Wildman–Crippen LogP) is 5.80. The summed E-state index contributed by atoms with van der Waals surface area (Å²) < 4.78 is 25.5. The minimum atomic E-state index is -0.211. The smallest absolute Gasteiger partial charge is 0.115 e. The largest absolute Gasteiger partial charge is 0.374 e. The third-order valence-electron chi connectivity index (χ3n) is 5.97. The maximum atomic E-state index is 6.49. The first-order valence-electron chi connectivity index (χ1n) is 11.8. The molecule has 4 rings (SSSR count). The van der Waals surface area contributed by atoms with Crippen LogP contribution in [0.15, 0.2) is 91.0 Å². The lowest BCUT2D eigenvalue weighted by Crippen LogP contribution is -2.40. The summed E-state index contributed by atoms with van der Waals surface area (Å²) in [4.78, 5) is 0. The van der Waals surface area contributed by atoms with E-state index in [1.807, 2.05) is 54.6 Å². The van der Waals surface area contributed by atoms with Gasteiger partial charge in [-0.15, -0.1) is 0 Å². The molecule has 4 atom stereocenters. The van der Waals surface area contributed by atoms with Crippen molar-refractivity contribution in [3.8, 4) is 0 Å². The average Bonchev–Trinajstić information content (AvgIpc) is 3.21. The summed E-state index contributed by atoms with van der Waals surface area (Å²) in [5.41, 5.74) is 3.43. The minimum absolute atomic E-state index is 0.0557. The Morgan fingerprint density at radius 1 is 0.636 bits per heavy atom. The van der Waals surface area contributed by atoms with Gasteiger partial charge in [0.2, 0.25) is 0 Å². The Morgan fingerprint density at radius 2 is 1.09 bits per heavy atom. The van der Waals surface area contributed by atoms with E-state index in [2.05, 4.69) is 50.2 Å². The molecule has 0 bridgehead atoms. The molecule has 1 saturated heterocycles. The van der Waals surface area contributed by atoms with Gasteiger partial charge < -0.3 is 18.9 Å². The van der Waals surface area contributed by atoms with Crippen LogP contribution >= 0.6 is 0 Å². The highest BCUT2D eigenvalue weighted by Gasteiger charge is 2.47. The van der Waals surface area contributed by atoms with E-state index in [9.17, 15) is 0 Å². The monoisotopic (exact) mass is 446 g/mol. The summed E-state index contributed by atoms with van der Waals surface area (Å²) >= 11 is 0. The summed E-state index contributed by atoms with van der Waals surface area (Å²) in [5, 5.41) is 0. The third kappa shape index (κ3) is 6.75. The Hall–Kier alpha value is -2.50. The summed E-state index contributed by atoms with van der Waals surface area (Å²) in [6.45, 7) is 6.40. The molecule has 3 aromatic carbocycles. The first kappa shape index (κ1) is 23.7. The molecular formula is C29H34O4. The summed E-state index contributed by atoms with van der Waals surface area (Å²) in [6, 6.07) is 30.7. The van der Waals surface area contributed by atoms with Crippen molar-refractivity contribution in [3.05, 3.63) is 108 Å². The quantitative estimate of drug-likeness (QED) is 0.373.